The van der Waals surface area contributed by atoms with Crippen LogP contribution in [0.25, 0.3) is 0 Å². The second-order valence-corrected chi connectivity index (χ2v) is 5.51. The summed E-state index contributed by atoms with van der Waals surface area (Å²) < 4.78 is 2.30. The Kier molecular flexibility index (Phi) is 4.04. The average Bonchev–Trinajstić information content (AvgIpc) is 2.34. The summed E-state index contributed by atoms with van der Waals surface area (Å²) in [6.45, 7) is 4.23. The van der Waals surface area contributed by atoms with E-state index in [9.17, 15) is 9.90 Å². The van der Waals surface area contributed by atoms with Crippen LogP contribution in [0.4, 0.5) is 0 Å². The van der Waals surface area contributed by atoms with Crippen molar-refractivity contribution in [2.24, 2.45) is 0 Å². The van der Waals surface area contributed by atoms with Crippen LogP contribution in [0, 0.1) is 0 Å². The zero-order valence-corrected chi connectivity index (χ0v) is 12.4. The Labute approximate surface area is 119 Å². The highest BCUT2D eigenvalue weighted by molar-refractivity contribution is 9.10. The molecule has 1 N–H and O–H groups in total. The quantitative estimate of drug-likeness (QED) is 0.945. The van der Waals surface area contributed by atoms with Gasteiger partial charge in [-0.3, -0.25) is 4.79 Å². The van der Waals surface area contributed by atoms with E-state index in [1.165, 1.54) is 10.7 Å². The van der Waals surface area contributed by atoms with Gasteiger partial charge in [-0.1, -0.05) is 48.0 Å². The predicted octanol–water partition coefficient (Wildman–Crippen LogP) is 2.88. The van der Waals surface area contributed by atoms with Crippen molar-refractivity contribution in [1.82, 2.24) is 9.78 Å². The SMILES string of the molecule is CC(C)c1nn(Cc2ccccc2Br)c(=O)cc1O. The maximum Gasteiger partial charge on any atom is 0.270 e. The third-order valence-corrected chi connectivity index (χ3v) is 3.60. The molecular formula is C14H15BrN2O2. The summed E-state index contributed by atoms with van der Waals surface area (Å²) in [5, 5.41) is 14.0. The molecule has 0 fully saturated rings. The molecule has 0 saturated heterocycles. The molecule has 1 aromatic carbocycles. The maximum absolute atomic E-state index is 11.9. The van der Waals surface area contributed by atoms with Crippen LogP contribution in [0.5, 0.6) is 5.75 Å². The van der Waals surface area contributed by atoms with Crippen molar-refractivity contribution >= 4 is 15.9 Å². The third kappa shape index (κ3) is 3.04. The molecule has 0 atom stereocenters. The zero-order valence-electron chi connectivity index (χ0n) is 10.8. The maximum atomic E-state index is 11.9. The van der Waals surface area contributed by atoms with Gasteiger partial charge in [-0.15, -0.1) is 0 Å². The predicted molar refractivity (Wildman–Crippen MR) is 77.5 cm³/mol. The van der Waals surface area contributed by atoms with Gasteiger partial charge in [0.05, 0.1) is 6.54 Å². The summed E-state index contributed by atoms with van der Waals surface area (Å²) in [5.74, 6) is 0.0226. The average molecular weight is 323 g/mol. The number of hydrogen-bond acceptors (Lipinski definition) is 3. The van der Waals surface area contributed by atoms with E-state index in [0.29, 0.717) is 12.2 Å². The molecule has 2 rings (SSSR count). The van der Waals surface area contributed by atoms with E-state index in [0.717, 1.165) is 10.0 Å². The van der Waals surface area contributed by atoms with Crippen LogP contribution in [-0.4, -0.2) is 14.9 Å². The van der Waals surface area contributed by atoms with Crippen molar-refractivity contribution in [1.29, 1.82) is 0 Å². The van der Waals surface area contributed by atoms with Gasteiger partial charge in [-0.05, 0) is 11.6 Å². The minimum atomic E-state index is -0.308. The lowest BCUT2D eigenvalue weighted by Gasteiger charge is -2.11. The molecule has 0 spiro atoms. The summed E-state index contributed by atoms with van der Waals surface area (Å²) in [7, 11) is 0. The van der Waals surface area contributed by atoms with Crippen molar-refractivity contribution < 1.29 is 5.11 Å². The number of hydrogen-bond donors (Lipinski definition) is 1. The van der Waals surface area contributed by atoms with Gasteiger partial charge in [-0.2, -0.15) is 5.10 Å². The Hall–Kier alpha value is -1.62. The molecular weight excluding hydrogens is 308 g/mol. The molecule has 5 heteroatoms. The van der Waals surface area contributed by atoms with Crippen molar-refractivity contribution in [2.75, 3.05) is 0 Å². The van der Waals surface area contributed by atoms with Crippen LogP contribution >= 0.6 is 15.9 Å². The van der Waals surface area contributed by atoms with E-state index in [1.54, 1.807) is 0 Å². The van der Waals surface area contributed by atoms with Crippen LogP contribution < -0.4 is 5.56 Å². The molecule has 0 saturated carbocycles. The van der Waals surface area contributed by atoms with Crippen molar-refractivity contribution in [3.05, 3.63) is 56.4 Å². The van der Waals surface area contributed by atoms with Gasteiger partial charge < -0.3 is 5.11 Å². The Morgan fingerprint density at radius 1 is 1.37 bits per heavy atom. The minimum Gasteiger partial charge on any atom is -0.506 e. The Bertz CT molecular complexity index is 650. The fraction of sp³-hybridized carbons (Fsp3) is 0.286. The largest absolute Gasteiger partial charge is 0.506 e. The van der Waals surface area contributed by atoms with E-state index in [-0.39, 0.29) is 17.2 Å². The molecule has 2 aromatic rings. The van der Waals surface area contributed by atoms with Crippen LogP contribution in [0.2, 0.25) is 0 Å². The van der Waals surface area contributed by atoms with Crippen LogP contribution in [0.15, 0.2) is 39.6 Å². The molecule has 0 bridgehead atoms. The van der Waals surface area contributed by atoms with Gasteiger partial charge >= 0.3 is 0 Å². The lowest BCUT2D eigenvalue weighted by molar-refractivity contribution is 0.445. The molecule has 4 nitrogen and oxygen atoms in total. The highest BCUT2D eigenvalue weighted by Gasteiger charge is 2.12. The highest BCUT2D eigenvalue weighted by atomic mass is 79.9. The van der Waals surface area contributed by atoms with Crippen molar-refractivity contribution in [3.8, 4) is 5.75 Å². The first-order valence-corrected chi connectivity index (χ1v) is 6.82. The highest BCUT2D eigenvalue weighted by Crippen LogP contribution is 2.21. The normalized spacial score (nSPS) is 10.9. The number of benzene rings is 1. The summed E-state index contributed by atoms with van der Waals surface area (Å²) in [5.41, 5.74) is 1.20. The summed E-state index contributed by atoms with van der Waals surface area (Å²) >= 11 is 3.45. The van der Waals surface area contributed by atoms with E-state index in [4.69, 9.17) is 0 Å². The smallest absolute Gasteiger partial charge is 0.270 e. The second-order valence-electron chi connectivity index (χ2n) is 4.66. The van der Waals surface area contributed by atoms with E-state index < -0.39 is 0 Å². The minimum absolute atomic E-state index is 0.0385. The summed E-state index contributed by atoms with van der Waals surface area (Å²) in [6, 6.07) is 8.90. The first-order chi connectivity index (χ1) is 8.99. The van der Waals surface area contributed by atoms with E-state index >= 15 is 0 Å². The molecule has 0 radical (unpaired) electrons. The fourth-order valence-electron chi connectivity index (χ4n) is 1.81. The van der Waals surface area contributed by atoms with Gasteiger partial charge in [-0.25, -0.2) is 4.68 Å². The lowest BCUT2D eigenvalue weighted by atomic mass is 10.1. The van der Waals surface area contributed by atoms with Gasteiger partial charge in [0.15, 0.2) is 0 Å². The Balaban J connectivity index is 2.43. The Morgan fingerprint density at radius 3 is 2.68 bits per heavy atom. The summed E-state index contributed by atoms with van der Waals surface area (Å²) in [4.78, 5) is 11.9. The molecule has 0 unspecified atom stereocenters. The van der Waals surface area contributed by atoms with Gasteiger partial charge in [0, 0.05) is 16.5 Å². The molecule has 0 aliphatic heterocycles. The number of nitrogens with zero attached hydrogens (tertiary/aromatic N) is 2. The second kappa shape index (κ2) is 5.57. The summed E-state index contributed by atoms with van der Waals surface area (Å²) in [6.07, 6.45) is 0. The third-order valence-electron chi connectivity index (χ3n) is 2.83. The number of rotatable bonds is 3. The van der Waals surface area contributed by atoms with Gasteiger partial charge in [0.25, 0.3) is 5.56 Å². The molecule has 100 valence electrons. The number of aromatic hydroxyl groups is 1. The van der Waals surface area contributed by atoms with Crippen molar-refractivity contribution in [2.45, 2.75) is 26.3 Å². The monoisotopic (exact) mass is 322 g/mol. The first kappa shape index (κ1) is 13.8. The number of aromatic nitrogens is 2. The van der Waals surface area contributed by atoms with Crippen molar-refractivity contribution in [3.63, 3.8) is 0 Å². The molecule has 0 aliphatic carbocycles. The zero-order chi connectivity index (χ0) is 14.0. The Morgan fingerprint density at radius 2 is 2.05 bits per heavy atom. The molecule has 19 heavy (non-hydrogen) atoms. The number of halogens is 1. The van der Waals surface area contributed by atoms with Crippen LogP contribution in [0.3, 0.4) is 0 Å². The molecule has 0 amide bonds. The van der Waals surface area contributed by atoms with Gasteiger partial charge in [0.1, 0.15) is 11.4 Å². The standard InChI is InChI=1S/C14H15BrN2O2/c1-9(2)14-12(18)7-13(19)17(16-14)8-10-5-3-4-6-11(10)15/h3-7,9,18H,8H2,1-2H3. The fourth-order valence-corrected chi connectivity index (χ4v) is 2.22. The topological polar surface area (TPSA) is 55.1 Å². The molecule has 1 heterocycles. The first-order valence-electron chi connectivity index (χ1n) is 6.03. The van der Waals surface area contributed by atoms with E-state index in [1.807, 2.05) is 38.1 Å². The molecule has 0 aliphatic rings. The van der Waals surface area contributed by atoms with Crippen LogP contribution in [0.1, 0.15) is 31.0 Å². The van der Waals surface area contributed by atoms with Gasteiger partial charge in [0.2, 0.25) is 0 Å². The van der Waals surface area contributed by atoms with Crippen LogP contribution in [-0.2, 0) is 6.54 Å². The van der Waals surface area contributed by atoms with E-state index in [2.05, 4.69) is 21.0 Å². The molecule has 1 aromatic heterocycles. The lowest BCUT2D eigenvalue weighted by Crippen LogP contribution is -2.24.